The third kappa shape index (κ3) is 4.31. The van der Waals surface area contributed by atoms with Gasteiger partial charge in [0.25, 0.3) is 0 Å². The van der Waals surface area contributed by atoms with Crippen molar-refractivity contribution in [2.24, 2.45) is 22.2 Å². The van der Waals surface area contributed by atoms with Crippen molar-refractivity contribution < 1.29 is 9.59 Å². The van der Waals surface area contributed by atoms with E-state index in [1.807, 2.05) is 41.5 Å². The van der Waals surface area contributed by atoms with Crippen LogP contribution in [0.15, 0.2) is 0 Å². The summed E-state index contributed by atoms with van der Waals surface area (Å²) in [5, 5.41) is 3.10. The average molecular weight is 295 g/mol. The lowest BCUT2D eigenvalue weighted by atomic mass is 9.80. The largest absolute Gasteiger partial charge is 0.343 e. The first-order valence-electron chi connectivity index (χ1n) is 7.97. The zero-order chi connectivity index (χ0) is 16.9. The predicted molar refractivity (Wildman–Crippen MR) is 87.0 cm³/mol. The predicted octanol–water partition coefficient (Wildman–Crippen LogP) is 3.96. The van der Waals surface area contributed by atoms with Crippen LogP contribution < -0.4 is 5.32 Å². The minimum Gasteiger partial charge on any atom is -0.343 e. The summed E-state index contributed by atoms with van der Waals surface area (Å²) < 4.78 is 0. The summed E-state index contributed by atoms with van der Waals surface area (Å²) in [6.45, 7) is 18.0. The van der Waals surface area contributed by atoms with Crippen molar-refractivity contribution in [3.63, 3.8) is 0 Å². The summed E-state index contributed by atoms with van der Waals surface area (Å²) in [5.74, 6) is 0.397. The Balaban J connectivity index is 3.00. The van der Waals surface area contributed by atoms with Gasteiger partial charge in [-0.1, -0.05) is 62.3 Å². The number of amides is 1. The fraction of sp³-hybridized carbons (Fsp3) is 0.889. The Kier molecular flexibility index (Phi) is 4.42. The normalized spacial score (nSPS) is 26.4. The van der Waals surface area contributed by atoms with Gasteiger partial charge in [-0.05, 0) is 24.2 Å². The van der Waals surface area contributed by atoms with Crippen LogP contribution in [0.3, 0.4) is 0 Å². The molecule has 1 saturated carbocycles. The Morgan fingerprint density at radius 3 is 1.76 bits per heavy atom. The van der Waals surface area contributed by atoms with Crippen LogP contribution in [0.4, 0.5) is 0 Å². The first-order chi connectivity index (χ1) is 9.09. The molecule has 0 spiro atoms. The van der Waals surface area contributed by atoms with Crippen molar-refractivity contribution in [3.8, 4) is 0 Å². The van der Waals surface area contributed by atoms with Crippen LogP contribution in [0.1, 0.15) is 75.2 Å². The monoisotopic (exact) mass is 295 g/mol. The molecule has 0 unspecified atom stereocenters. The third-order valence-corrected chi connectivity index (χ3v) is 4.07. The van der Waals surface area contributed by atoms with Gasteiger partial charge in [0.2, 0.25) is 5.91 Å². The smallest absolute Gasteiger partial charge is 0.226 e. The highest BCUT2D eigenvalue weighted by Gasteiger charge is 2.63. The standard InChI is InChI=1S/C18H33NO2/c1-15(2,3)10-12-11-18(12,13(20)16(4,5)6)19-14(21)17(7,8)9/h12H,10-11H2,1-9H3,(H,19,21)/t12-,18-/m0/s1. The van der Waals surface area contributed by atoms with Gasteiger partial charge in [-0.25, -0.2) is 0 Å². The number of carbonyl (C=O) groups is 2. The molecule has 0 aromatic heterocycles. The van der Waals surface area contributed by atoms with Crippen LogP contribution >= 0.6 is 0 Å². The molecule has 122 valence electrons. The van der Waals surface area contributed by atoms with Gasteiger partial charge < -0.3 is 5.32 Å². The van der Waals surface area contributed by atoms with Gasteiger partial charge in [-0.15, -0.1) is 0 Å². The molecule has 0 saturated heterocycles. The molecule has 0 aromatic rings. The Morgan fingerprint density at radius 1 is 0.952 bits per heavy atom. The summed E-state index contributed by atoms with van der Waals surface area (Å²) in [6, 6.07) is 0. The molecule has 21 heavy (non-hydrogen) atoms. The van der Waals surface area contributed by atoms with E-state index in [9.17, 15) is 9.59 Å². The maximum absolute atomic E-state index is 12.9. The molecule has 1 aliphatic rings. The number of hydrogen-bond acceptors (Lipinski definition) is 2. The molecule has 2 atom stereocenters. The fourth-order valence-electron chi connectivity index (χ4n) is 2.86. The van der Waals surface area contributed by atoms with Gasteiger partial charge in [0, 0.05) is 10.8 Å². The minimum absolute atomic E-state index is 0.0310. The summed E-state index contributed by atoms with van der Waals surface area (Å²) in [7, 11) is 0. The molecule has 1 N–H and O–H groups in total. The number of rotatable bonds is 3. The van der Waals surface area contributed by atoms with Gasteiger partial charge in [0.1, 0.15) is 5.54 Å². The number of Topliss-reactive ketones (excluding diaryl/α,β-unsaturated/α-hetero) is 1. The molecule has 3 nitrogen and oxygen atoms in total. The number of ketones is 1. The lowest BCUT2D eigenvalue weighted by Crippen LogP contribution is -2.52. The van der Waals surface area contributed by atoms with Gasteiger partial charge in [-0.3, -0.25) is 9.59 Å². The van der Waals surface area contributed by atoms with Gasteiger partial charge in [0.05, 0.1) is 0 Å². The Labute approximate surface area is 130 Å². The van der Waals surface area contributed by atoms with Crippen molar-refractivity contribution in [1.29, 1.82) is 0 Å². The molecular weight excluding hydrogens is 262 g/mol. The summed E-state index contributed by atoms with van der Waals surface area (Å²) in [4.78, 5) is 25.3. The molecular formula is C18H33NO2. The van der Waals surface area contributed by atoms with Gasteiger partial charge in [-0.2, -0.15) is 0 Å². The molecule has 1 amide bonds. The second-order valence-corrected chi connectivity index (χ2v) is 9.92. The van der Waals surface area contributed by atoms with E-state index in [0.717, 1.165) is 12.8 Å². The molecule has 0 heterocycles. The zero-order valence-electron chi connectivity index (χ0n) is 15.3. The Morgan fingerprint density at radius 2 is 1.43 bits per heavy atom. The molecule has 0 aromatic carbocycles. The van der Waals surface area contributed by atoms with E-state index in [1.54, 1.807) is 0 Å². The van der Waals surface area contributed by atoms with E-state index in [1.165, 1.54) is 0 Å². The molecule has 1 aliphatic carbocycles. The Bertz CT molecular complexity index is 432. The third-order valence-electron chi connectivity index (χ3n) is 4.07. The molecule has 0 radical (unpaired) electrons. The maximum Gasteiger partial charge on any atom is 0.226 e. The second-order valence-electron chi connectivity index (χ2n) is 9.92. The van der Waals surface area contributed by atoms with E-state index >= 15 is 0 Å². The highest BCUT2D eigenvalue weighted by molar-refractivity contribution is 6.00. The van der Waals surface area contributed by atoms with E-state index < -0.39 is 16.4 Å². The maximum atomic E-state index is 12.9. The summed E-state index contributed by atoms with van der Waals surface area (Å²) in [5.41, 5.74) is -1.38. The lowest BCUT2D eigenvalue weighted by Gasteiger charge is -2.30. The fourth-order valence-corrected chi connectivity index (χ4v) is 2.86. The quantitative estimate of drug-likeness (QED) is 0.856. The molecule has 0 aliphatic heterocycles. The Hall–Kier alpha value is -0.860. The first kappa shape index (κ1) is 18.2. The average Bonchev–Trinajstić information content (AvgIpc) is 2.85. The first-order valence-corrected chi connectivity index (χ1v) is 7.97. The van der Waals surface area contributed by atoms with E-state index in [-0.39, 0.29) is 23.0 Å². The van der Waals surface area contributed by atoms with Crippen LogP contribution in [-0.4, -0.2) is 17.2 Å². The summed E-state index contributed by atoms with van der Waals surface area (Å²) in [6.07, 6.45) is 1.74. The molecule has 3 heteroatoms. The number of carbonyl (C=O) groups excluding carboxylic acids is 2. The van der Waals surface area contributed by atoms with Crippen LogP contribution in [0.5, 0.6) is 0 Å². The van der Waals surface area contributed by atoms with Crippen LogP contribution in [0.2, 0.25) is 0 Å². The van der Waals surface area contributed by atoms with E-state index in [0.29, 0.717) is 0 Å². The van der Waals surface area contributed by atoms with Crippen molar-refractivity contribution >= 4 is 11.7 Å². The highest BCUT2D eigenvalue weighted by Crippen LogP contribution is 2.53. The minimum atomic E-state index is -0.643. The molecule has 0 bridgehead atoms. The molecule has 1 fully saturated rings. The summed E-state index contributed by atoms with van der Waals surface area (Å²) >= 11 is 0. The van der Waals surface area contributed by atoms with Crippen molar-refractivity contribution in [3.05, 3.63) is 0 Å². The number of hydrogen-bond donors (Lipinski definition) is 1. The van der Waals surface area contributed by atoms with Crippen LogP contribution in [-0.2, 0) is 9.59 Å². The van der Waals surface area contributed by atoms with Gasteiger partial charge in [0.15, 0.2) is 5.78 Å². The van der Waals surface area contributed by atoms with Crippen LogP contribution in [0, 0.1) is 22.2 Å². The topological polar surface area (TPSA) is 46.2 Å². The van der Waals surface area contributed by atoms with Gasteiger partial charge >= 0.3 is 0 Å². The second kappa shape index (κ2) is 5.10. The SMILES string of the molecule is CC(C)(C)C[C@H]1C[C@@]1(NC(=O)C(C)(C)C)C(=O)C(C)(C)C. The van der Waals surface area contributed by atoms with Crippen molar-refractivity contribution in [2.45, 2.75) is 80.7 Å². The molecule has 1 rings (SSSR count). The van der Waals surface area contributed by atoms with E-state index in [4.69, 9.17) is 0 Å². The van der Waals surface area contributed by atoms with Crippen LogP contribution in [0.25, 0.3) is 0 Å². The van der Waals surface area contributed by atoms with Crippen molar-refractivity contribution in [1.82, 2.24) is 5.32 Å². The number of nitrogens with one attached hydrogen (secondary N) is 1. The van der Waals surface area contributed by atoms with E-state index in [2.05, 4.69) is 26.1 Å². The zero-order valence-corrected chi connectivity index (χ0v) is 15.3. The lowest BCUT2D eigenvalue weighted by molar-refractivity contribution is -0.137. The highest BCUT2D eigenvalue weighted by atomic mass is 16.2. The van der Waals surface area contributed by atoms with Crippen molar-refractivity contribution in [2.75, 3.05) is 0 Å².